The summed E-state index contributed by atoms with van der Waals surface area (Å²) in [6.45, 7) is 2.41. The van der Waals surface area contributed by atoms with Gasteiger partial charge in [0.2, 0.25) is 0 Å². The van der Waals surface area contributed by atoms with E-state index in [1.54, 1.807) is 24.3 Å². The maximum atomic E-state index is 11.9. The van der Waals surface area contributed by atoms with E-state index >= 15 is 0 Å². The lowest BCUT2D eigenvalue weighted by Crippen LogP contribution is -2.20. The first kappa shape index (κ1) is 14.1. The van der Waals surface area contributed by atoms with Crippen molar-refractivity contribution < 1.29 is 9.53 Å². The standard InChI is InChI=1S/C14H14ClN3O2/c1-2-20-12-6-4-3-5-11(12)17-14(19)18-13-8-7-10(15)9-16-13/h3-9H,2H2,1H3,(H2,16,17,18,19). The van der Waals surface area contributed by atoms with Gasteiger partial charge in [-0.1, -0.05) is 23.7 Å². The summed E-state index contributed by atoms with van der Waals surface area (Å²) in [6.07, 6.45) is 1.46. The molecule has 2 amide bonds. The summed E-state index contributed by atoms with van der Waals surface area (Å²) in [5.74, 6) is 1.04. The third kappa shape index (κ3) is 3.86. The number of ether oxygens (including phenoxy) is 1. The van der Waals surface area contributed by atoms with Gasteiger partial charge in [-0.05, 0) is 31.2 Å². The van der Waals surface area contributed by atoms with Crippen molar-refractivity contribution in [3.63, 3.8) is 0 Å². The van der Waals surface area contributed by atoms with Crippen molar-refractivity contribution in [1.82, 2.24) is 4.98 Å². The highest BCUT2D eigenvalue weighted by Crippen LogP contribution is 2.23. The monoisotopic (exact) mass is 291 g/mol. The van der Waals surface area contributed by atoms with Crippen LogP contribution in [0, 0.1) is 0 Å². The normalized spacial score (nSPS) is 9.90. The van der Waals surface area contributed by atoms with Gasteiger partial charge in [-0.25, -0.2) is 9.78 Å². The van der Waals surface area contributed by atoms with Crippen LogP contribution < -0.4 is 15.4 Å². The summed E-state index contributed by atoms with van der Waals surface area (Å²) in [5, 5.41) is 5.83. The molecule has 104 valence electrons. The van der Waals surface area contributed by atoms with Crippen LogP contribution in [0.3, 0.4) is 0 Å². The van der Waals surface area contributed by atoms with Crippen LogP contribution in [0.25, 0.3) is 0 Å². The van der Waals surface area contributed by atoms with E-state index in [1.807, 2.05) is 19.1 Å². The first-order valence-corrected chi connectivity index (χ1v) is 6.48. The van der Waals surface area contributed by atoms with Gasteiger partial charge in [-0.2, -0.15) is 0 Å². The third-order valence-electron chi connectivity index (χ3n) is 2.40. The van der Waals surface area contributed by atoms with Gasteiger partial charge >= 0.3 is 6.03 Å². The number of anilines is 2. The highest BCUT2D eigenvalue weighted by molar-refractivity contribution is 6.30. The molecule has 0 aliphatic heterocycles. The molecule has 1 heterocycles. The van der Waals surface area contributed by atoms with Gasteiger partial charge in [0.15, 0.2) is 0 Å². The van der Waals surface area contributed by atoms with E-state index in [4.69, 9.17) is 16.3 Å². The van der Waals surface area contributed by atoms with Crippen molar-refractivity contribution in [2.75, 3.05) is 17.2 Å². The summed E-state index contributed by atoms with van der Waals surface area (Å²) in [4.78, 5) is 15.9. The second kappa shape index (κ2) is 6.77. The van der Waals surface area contributed by atoms with Crippen molar-refractivity contribution in [2.45, 2.75) is 6.92 Å². The van der Waals surface area contributed by atoms with Gasteiger partial charge in [-0.15, -0.1) is 0 Å². The van der Waals surface area contributed by atoms with E-state index in [0.717, 1.165) is 0 Å². The molecule has 0 aliphatic carbocycles. The fourth-order valence-corrected chi connectivity index (χ4v) is 1.68. The summed E-state index contributed by atoms with van der Waals surface area (Å²) >= 11 is 5.73. The highest BCUT2D eigenvalue weighted by atomic mass is 35.5. The molecule has 2 rings (SSSR count). The fourth-order valence-electron chi connectivity index (χ4n) is 1.57. The molecule has 0 atom stereocenters. The van der Waals surface area contributed by atoms with Crippen molar-refractivity contribution in [2.24, 2.45) is 0 Å². The Kier molecular flexibility index (Phi) is 4.79. The third-order valence-corrected chi connectivity index (χ3v) is 2.63. The van der Waals surface area contributed by atoms with Crippen molar-refractivity contribution in [3.05, 3.63) is 47.6 Å². The molecule has 1 aromatic heterocycles. The molecule has 20 heavy (non-hydrogen) atoms. The Balaban J connectivity index is 2.02. The van der Waals surface area contributed by atoms with Crippen LogP contribution in [-0.4, -0.2) is 17.6 Å². The molecule has 0 bridgehead atoms. The number of benzene rings is 1. The first-order chi connectivity index (χ1) is 9.69. The molecule has 0 aliphatic rings. The van der Waals surface area contributed by atoms with Crippen LogP contribution in [0.15, 0.2) is 42.6 Å². The Morgan fingerprint density at radius 1 is 1.25 bits per heavy atom. The van der Waals surface area contributed by atoms with Crippen molar-refractivity contribution in [1.29, 1.82) is 0 Å². The molecule has 2 aromatic rings. The lowest BCUT2D eigenvalue weighted by Gasteiger charge is -2.11. The molecule has 0 radical (unpaired) electrons. The van der Waals surface area contributed by atoms with Crippen LogP contribution in [0.1, 0.15) is 6.92 Å². The molecular formula is C14H14ClN3O2. The average molecular weight is 292 g/mol. The number of hydrogen-bond donors (Lipinski definition) is 2. The number of amides is 2. The molecule has 1 aromatic carbocycles. The van der Waals surface area contributed by atoms with Crippen LogP contribution in [-0.2, 0) is 0 Å². The second-order valence-corrected chi connectivity index (χ2v) is 4.31. The number of urea groups is 1. The fraction of sp³-hybridized carbons (Fsp3) is 0.143. The van der Waals surface area contributed by atoms with Crippen LogP contribution in [0.5, 0.6) is 5.75 Å². The Hall–Kier alpha value is -2.27. The summed E-state index contributed by atoms with van der Waals surface area (Å²) in [7, 11) is 0. The second-order valence-electron chi connectivity index (χ2n) is 3.87. The van der Waals surface area contributed by atoms with Gasteiger partial charge in [-0.3, -0.25) is 5.32 Å². The number of halogens is 1. The first-order valence-electron chi connectivity index (χ1n) is 6.10. The van der Waals surface area contributed by atoms with Crippen molar-refractivity contribution >= 4 is 29.1 Å². The quantitative estimate of drug-likeness (QED) is 0.901. The zero-order valence-electron chi connectivity index (χ0n) is 10.9. The smallest absolute Gasteiger partial charge is 0.324 e. The minimum atomic E-state index is -0.396. The molecule has 5 nitrogen and oxygen atoms in total. The van der Waals surface area contributed by atoms with Gasteiger partial charge in [0.05, 0.1) is 17.3 Å². The number of carbonyl (C=O) groups excluding carboxylic acids is 1. The highest BCUT2D eigenvalue weighted by Gasteiger charge is 2.07. The lowest BCUT2D eigenvalue weighted by molar-refractivity contribution is 0.262. The van der Waals surface area contributed by atoms with Crippen molar-refractivity contribution in [3.8, 4) is 5.75 Å². The van der Waals surface area contributed by atoms with Gasteiger partial charge < -0.3 is 10.1 Å². The molecule has 0 saturated carbocycles. The van der Waals surface area contributed by atoms with E-state index < -0.39 is 6.03 Å². The van der Waals surface area contributed by atoms with Crippen LogP contribution in [0.4, 0.5) is 16.3 Å². The Morgan fingerprint density at radius 3 is 2.75 bits per heavy atom. The number of pyridine rings is 1. The SMILES string of the molecule is CCOc1ccccc1NC(=O)Nc1ccc(Cl)cn1. The molecule has 2 N–H and O–H groups in total. The summed E-state index contributed by atoms with van der Waals surface area (Å²) < 4.78 is 5.43. The van der Waals surface area contributed by atoms with E-state index in [2.05, 4.69) is 15.6 Å². The summed E-state index contributed by atoms with van der Waals surface area (Å²) in [5.41, 5.74) is 0.598. The van der Waals surface area contributed by atoms with Gasteiger partial charge in [0.1, 0.15) is 11.6 Å². The predicted molar refractivity (Wildman–Crippen MR) is 79.5 cm³/mol. The summed E-state index contributed by atoms with van der Waals surface area (Å²) in [6, 6.07) is 10.1. The number of carbonyl (C=O) groups is 1. The number of nitrogens with one attached hydrogen (secondary N) is 2. The molecule has 6 heteroatoms. The van der Waals surface area contributed by atoms with E-state index in [1.165, 1.54) is 6.20 Å². The molecule has 0 saturated heterocycles. The average Bonchev–Trinajstić information content (AvgIpc) is 2.44. The van der Waals surface area contributed by atoms with Gasteiger partial charge in [0, 0.05) is 6.20 Å². The van der Waals surface area contributed by atoms with E-state index in [0.29, 0.717) is 28.9 Å². The number of para-hydroxylation sites is 2. The number of aromatic nitrogens is 1. The zero-order valence-corrected chi connectivity index (χ0v) is 11.6. The zero-order chi connectivity index (χ0) is 14.4. The molecule has 0 unspecified atom stereocenters. The molecular weight excluding hydrogens is 278 g/mol. The molecule has 0 fully saturated rings. The minimum Gasteiger partial charge on any atom is -0.492 e. The Labute approximate surface area is 121 Å². The Bertz CT molecular complexity index is 587. The molecule has 0 spiro atoms. The Morgan fingerprint density at radius 2 is 2.05 bits per heavy atom. The van der Waals surface area contributed by atoms with E-state index in [9.17, 15) is 4.79 Å². The lowest BCUT2D eigenvalue weighted by atomic mass is 10.3. The number of hydrogen-bond acceptors (Lipinski definition) is 3. The van der Waals surface area contributed by atoms with Gasteiger partial charge in [0.25, 0.3) is 0 Å². The van der Waals surface area contributed by atoms with Crippen LogP contribution in [0.2, 0.25) is 5.02 Å². The topological polar surface area (TPSA) is 63.2 Å². The van der Waals surface area contributed by atoms with Crippen LogP contribution >= 0.6 is 11.6 Å². The number of rotatable bonds is 4. The van der Waals surface area contributed by atoms with E-state index in [-0.39, 0.29) is 0 Å². The number of nitrogens with zero attached hydrogens (tertiary/aromatic N) is 1. The maximum Gasteiger partial charge on any atom is 0.324 e. The predicted octanol–water partition coefficient (Wildman–Crippen LogP) is 3.78. The maximum absolute atomic E-state index is 11.9. The minimum absolute atomic E-state index is 0.396. The largest absolute Gasteiger partial charge is 0.492 e.